The van der Waals surface area contributed by atoms with Gasteiger partial charge in [0, 0.05) is 17.2 Å². The zero-order valence-corrected chi connectivity index (χ0v) is 8.15. The summed E-state index contributed by atoms with van der Waals surface area (Å²) in [5.41, 5.74) is 1.77. The summed E-state index contributed by atoms with van der Waals surface area (Å²) in [6.07, 6.45) is 3.16. The Balaban J connectivity index is 3.20. The van der Waals surface area contributed by atoms with Crippen LogP contribution in [-0.4, -0.2) is 16.4 Å². The first-order valence-corrected chi connectivity index (χ1v) is 4.18. The van der Waals surface area contributed by atoms with Crippen LogP contribution in [0.15, 0.2) is 23.5 Å². The Morgan fingerprint density at radius 3 is 2.69 bits per heavy atom. The second-order valence-electron chi connectivity index (χ2n) is 3.94. The second kappa shape index (κ2) is 3.56. The molecular weight excluding hydrogens is 164 g/mol. The van der Waals surface area contributed by atoms with Crippen molar-refractivity contribution in [1.82, 2.24) is 4.98 Å². The first-order chi connectivity index (χ1) is 6.05. The summed E-state index contributed by atoms with van der Waals surface area (Å²) < 4.78 is 0. The molecule has 0 unspecified atom stereocenters. The highest BCUT2D eigenvalue weighted by molar-refractivity contribution is 5.80. The molecule has 0 saturated carbocycles. The number of oxime groups is 1. The van der Waals surface area contributed by atoms with Gasteiger partial charge in [-0.3, -0.25) is 4.98 Å². The lowest BCUT2D eigenvalue weighted by Gasteiger charge is -2.19. The average molecular weight is 178 g/mol. The van der Waals surface area contributed by atoms with Gasteiger partial charge < -0.3 is 5.21 Å². The van der Waals surface area contributed by atoms with Gasteiger partial charge >= 0.3 is 0 Å². The smallest absolute Gasteiger partial charge is 0.0752 e. The Morgan fingerprint density at radius 1 is 1.46 bits per heavy atom. The highest BCUT2D eigenvalue weighted by atomic mass is 16.4. The van der Waals surface area contributed by atoms with E-state index in [1.54, 1.807) is 6.20 Å². The Morgan fingerprint density at radius 2 is 2.15 bits per heavy atom. The molecule has 0 aliphatic heterocycles. The predicted octanol–water partition coefficient (Wildman–Crippen LogP) is 2.19. The molecule has 1 N–H and O–H groups in total. The second-order valence-corrected chi connectivity index (χ2v) is 3.94. The molecule has 0 bridgehead atoms. The van der Waals surface area contributed by atoms with Crippen molar-refractivity contribution in [3.05, 3.63) is 29.6 Å². The van der Waals surface area contributed by atoms with Crippen LogP contribution in [0.1, 0.15) is 32.0 Å². The molecule has 0 atom stereocenters. The Hall–Kier alpha value is -1.38. The Kier molecular flexibility index (Phi) is 2.66. The zero-order chi connectivity index (χ0) is 9.90. The first-order valence-electron chi connectivity index (χ1n) is 4.18. The minimum Gasteiger partial charge on any atom is -0.411 e. The molecule has 1 aromatic rings. The van der Waals surface area contributed by atoms with Gasteiger partial charge in [-0.05, 0) is 12.1 Å². The monoisotopic (exact) mass is 178 g/mol. The Bertz CT molecular complexity index is 313. The molecular formula is C10H14N2O. The molecule has 70 valence electrons. The van der Waals surface area contributed by atoms with E-state index in [9.17, 15) is 0 Å². The van der Waals surface area contributed by atoms with Crippen molar-refractivity contribution in [3.63, 3.8) is 0 Å². The normalized spacial score (nSPS) is 12.2. The van der Waals surface area contributed by atoms with E-state index in [0.29, 0.717) is 0 Å². The van der Waals surface area contributed by atoms with Gasteiger partial charge in [-0.15, -0.1) is 0 Å². The molecule has 0 spiro atoms. The van der Waals surface area contributed by atoms with Crippen molar-refractivity contribution in [1.29, 1.82) is 0 Å². The molecule has 1 heterocycles. The maximum atomic E-state index is 8.45. The maximum Gasteiger partial charge on any atom is 0.0752 e. The van der Waals surface area contributed by atoms with Crippen molar-refractivity contribution in [2.45, 2.75) is 26.2 Å². The third kappa shape index (κ3) is 2.28. The topological polar surface area (TPSA) is 45.5 Å². The van der Waals surface area contributed by atoms with E-state index in [-0.39, 0.29) is 5.41 Å². The third-order valence-corrected chi connectivity index (χ3v) is 1.75. The van der Waals surface area contributed by atoms with Gasteiger partial charge in [0.05, 0.1) is 11.9 Å². The van der Waals surface area contributed by atoms with Crippen molar-refractivity contribution < 1.29 is 5.21 Å². The number of aromatic nitrogens is 1. The van der Waals surface area contributed by atoms with Gasteiger partial charge in [-0.25, -0.2) is 0 Å². The van der Waals surface area contributed by atoms with Gasteiger partial charge in [-0.1, -0.05) is 25.9 Å². The van der Waals surface area contributed by atoms with Crippen molar-refractivity contribution >= 4 is 6.21 Å². The molecule has 13 heavy (non-hydrogen) atoms. The minimum absolute atomic E-state index is 0.0300. The number of nitrogens with zero attached hydrogens (tertiary/aromatic N) is 2. The summed E-state index contributed by atoms with van der Waals surface area (Å²) in [6, 6.07) is 3.71. The van der Waals surface area contributed by atoms with Crippen LogP contribution in [0.2, 0.25) is 0 Å². The lowest BCUT2D eigenvalue weighted by Crippen LogP contribution is -2.16. The maximum absolute atomic E-state index is 8.45. The molecule has 0 saturated heterocycles. The van der Waals surface area contributed by atoms with E-state index in [0.717, 1.165) is 11.3 Å². The highest BCUT2D eigenvalue weighted by Gasteiger charge is 2.18. The summed E-state index contributed by atoms with van der Waals surface area (Å²) in [7, 11) is 0. The number of hydrogen-bond acceptors (Lipinski definition) is 3. The minimum atomic E-state index is -0.0300. The molecule has 3 heteroatoms. The Labute approximate surface area is 78.1 Å². The lowest BCUT2D eigenvalue weighted by molar-refractivity contribution is 0.321. The van der Waals surface area contributed by atoms with Crippen molar-refractivity contribution in [3.8, 4) is 0 Å². The molecule has 0 aliphatic rings. The van der Waals surface area contributed by atoms with E-state index in [1.165, 1.54) is 6.21 Å². The largest absolute Gasteiger partial charge is 0.411 e. The summed E-state index contributed by atoms with van der Waals surface area (Å²) >= 11 is 0. The van der Waals surface area contributed by atoms with Crippen molar-refractivity contribution in [2.24, 2.45) is 5.16 Å². The standard InChI is InChI=1S/C10H14N2O/c1-10(2,3)9-8(7-12-13)5-4-6-11-9/h4-7,13H,1-3H3. The molecule has 0 fully saturated rings. The van der Waals surface area contributed by atoms with Gasteiger partial charge in [0.2, 0.25) is 0 Å². The van der Waals surface area contributed by atoms with Gasteiger partial charge in [0.15, 0.2) is 0 Å². The molecule has 0 amide bonds. The molecule has 3 nitrogen and oxygen atoms in total. The summed E-state index contributed by atoms with van der Waals surface area (Å²) in [5, 5.41) is 11.5. The van der Waals surface area contributed by atoms with Crippen LogP contribution < -0.4 is 0 Å². The molecule has 0 aliphatic carbocycles. The van der Waals surface area contributed by atoms with Gasteiger partial charge in [0.25, 0.3) is 0 Å². The lowest BCUT2D eigenvalue weighted by atomic mass is 9.89. The molecule has 0 aromatic carbocycles. The quantitative estimate of drug-likeness (QED) is 0.407. The number of pyridine rings is 1. The fourth-order valence-corrected chi connectivity index (χ4v) is 1.21. The zero-order valence-electron chi connectivity index (χ0n) is 8.15. The van der Waals surface area contributed by atoms with Crippen LogP contribution in [-0.2, 0) is 5.41 Å². The average Bonchev–Trinajstić information content (AvgIpc) is 2.04. The van der Waals surface area contributed by atoms with Crippen LogP contribution in [0, 0.1) is 0 Å². The molecule has 1 rings (SSSR count). The number of hydrogen-bond donors (Lipinski definition) is 1. The molecule has 1 aromatic heterocycles. The van der Waals surface area contributed by atoms with Crippen LogP contribution in [0.5, 0.6) is 0 Å². The van der Waals surface area contributed by atoms with Gasteiger partial charge in [-0.2, -0.15) is 0 Å². The van der Waals surface area contributed by atoms with Crippen LogP contribution in [0.4, 0.5) is 0 Å². The number of rotatable bonds is 1. The van der Waals surface area contributed by atoms with E-state index in [1.807, 2.05) is 12.1 Å². The van der Waals surface area contributed by atoms with Crippen LogP contribution in [0.25, 0.3) is 0 Å². The molecule has 0 radical (unpaired) electrons. The van der Waals surface area contributed by atoms with Crippen molar-refractivity contribution in [2.75, 3.05) is 0 Å². The first kappa shape index (κ1) is 9.71. The van der Waals surface area contributed by atoms with E-state index >= 15 is 0 Å². The summed E-state index contributed by atoms with van der Waals surface area (Å²) in [6.45, 7) is 6.22. The predicted molar refractivity (Wildman–Crippen MR) is 52.3 cm³/mol. The summed E-state index contributed by atoms with van der Waals surface area (Å²) in [4.78, 5) is 4.27. The van der Waals surface area contributed by atoms with Crippen LogP contribution in [0.3, 0.4) is 0 Å². The SMILES string of the molecule is CC(C)(C)c1ncccc1C=NO. The van der Waals surface area contributed by atoms with E-state index < -0.39 is 0 Å². The van der Waals surface area contributed by atoms with Crippen LogP contribution >= 0.6 is 0 Å². The fraction of sp³-hybridized carbons (Fsp3) is 0.400. The fourth-order valence-electron chi connectivity index (χ4n) is 1.21. The highest BCUT2D eigenvalue weighted by Crippen LogP contribution is 2.22. The summed E-state index contributed by atoms with van der Waals surface area (Å²) in [5.74, 6) is 0. The van der Waals surface area contributed by atoms with Gasteiger partial charge in [0.1, 0.15) is 0 Å². The van der Waals surface area contributed by atoms with E-state index in [4.69, 9.17) is 5.21 Å². The third-order valence-electron chi connectivity index (χ3n) is 1.75. The van der Waals surface area contributed by atoms with E-state index in [2.05, 4.69) is 30.9 Å².